The van der Waals surface area contributed by atoms with Crippen molar-refractivity contribution >= 4 is 23.5 Å². The lowest BCUT2D eigenvalue weighted by Crippen LogP contribution is -2.43. The van der Waals surface area contributed by atoms with Gasteiger partial charge in [0, 0.05) is 19.1 Å². The molecular weight excluding hydrogens is 230 g/mol. The Morgan fingerprint density at radius 3 is 2.56 bits per heavy atom. The third-order valence-corrected chi connectivity index (χ3v) is 2.71. The van der Waals surface area contributed by atoms with Crippen LogP contribution >= 0.6 is 11.6 Å². The number of alkyl halides is 1. The highest BCUT2D eigenvalue weighted by Crippen LogP contribution is 1.97. The minimum Gasteiger partial charge on any atom is -0.337 e. The lowest BCUT2D eigenvalue weighted by molar-refractivity contribution is -0.117. The normalized spacial score (nSPS) is 12.3. The van der Waals surface area contributed by atoms with Gasteiger partial charge in [-0.3, -0.25) is 10.1 Å². The first kappa shape index (κ1) is 15.2. The Balaban J connectivity index is 3.65. The van der Waals surface area contributed by atoms with Gasteiger partial charge in [-0.1, -0.05) is 6.92 Å². The van der Waals surface area contributed by atoms with E-state index in [9.17, 15) is 9.59 Å². The zero-order valence-electron chi connectivity index (χ0n) is 10.0. The van der Waals surface area contributed by atoms with Gasteiger partial charge in [0.25, 0.3) is 0 Å². The second-order valence-electron chi connectivity index (χ2n) is 3.68. The Hall–Kier alpha value is -0.810. The SMILES string of the molecule is CCC(C)N(C)CCNC(=O)NC(=O)CCl. The molecule has 94 valence electrons. The fourth-order valence-corrected chi connectivity index (χ4v) is 1.15. The zero-order chi connectivity index (χ0) is 12.6. The molecule has 0 radical (unpaired) electrons. The summed E-state index contributed by atoms with van der Waals surface area (Å²) in [7, 11) is 2.00. The Morgan fingerprint density at radius 1 is 1.44 bits per heavy atom. The van der Waals surface area contributed by atoms with Crippen molar-refractivity contribution < 1.29 is 9.59 Å². The molecule has 0 bridgehead atoms. The molecule has 2 N–H and O–H groups in total. The topological polar surface area (TPSA) is 61.4 Å². The minimum atomic E-state index is -0.497. The number of halogens is 1. The van der Waals surface area contributed by atoms with Crippen LogP contribution in [-0.2, 0) is 4.79 Å². The third-order valence-electron chi connectivity index (χ3n) is 2.47. The number of likely N-dealkylation sites (N-methyl/N-ethyl adjacent to an activating group) is 1. The molecule has 0 rings (SSSR count). The zero-order valence-corrected chi connectivity index (χ0v) is 10.8. The number of hydrogen-bond acceptors (Lipinski definition) is 3. The summed E-state index contributed by atoms with van der Waals surface area (Å²) in [6, 6.07) is -0.0162. The Bertz CT molecular complexity index is 236. The fraction of sp³-hybridized carbons (Fsp3) is 0.800. The first-order valence-corrected chi connectivity index (χ1v) is 5.88. The van der Waals surface area contributed by atoms with Crippen molar-refractivity contribution in [3.05, 3.63) is 0 Å². The van der Waals surface area contributed by atoms with Crippen LogP contribution in [0, 0.1) is 0 Å². The number of hydrogen-bond donors (Lipinski definition) is 2. The van der Waals surface area contributed by atoms with Crippen molar-refractivity contribution in [2.45, 2.75) is 26.3 Å². The van der Waals surface area contributed by atoms with Crippen molar-refractivity contribution in [2.75, 3.05) is 26.0 Å². The summed E-state index contributed by atoms with van der Waals surface area (Å²) >= 11 is 5.24. The Morgan fingerprint density at radius 2 is 2.06 bits per heavy atom. The van der Waals surface area contributed by atoms with Crippen LogP contribution in [0.4, 0.5) is 4.79 Å². The smallest absolute Gasteiger partial charge is 0.321 e. The minimum absolute atomic E-state index is 0.208. The van der Waals surface area contributed by atoms with Crippen LogP contribution in [-0.4, -0.2) is 48.9 Å². The molecule has 0 heterocycles. The molecule has 0 aromatic carbocycles. The highest BCUT2D eigenvalue weighted by molar-refractivity contribution is 6.28. The summed E-state index contributed by atoms with van der Waals surface area (Å²) in [5.74, 6) is -0.699. The maximum Gasteiger partial charge on any atom is 0.321 e. The van der Waals surface area contributed by atoms with Gasteiger partial charge in [-0.05, 0) is 20.4 Å². The van der Waals surface area contributed by atoms with Crippen molar-refractivity contribution in [1.29, 1.82) is 0 Å². The Kier molecular flexibility index (Phi) is 7.93. The van der Waals surface area contributed by atoms with Crippen LogP contribution in [0.25, 0.3) is 0 Å². The summed E-state index contributed by atoms with van der Waals surface area (Å²) in [4.78, 5) is 24.0. The predicted octanol–water partition coefficient (Wildman–Crippen LogP) is 0.781. The maximum atomic E-state index is 11.1. The van der Waals surface area contributed by atoms with Crippen LogP contribution in [0.1, 0.15) is 20.3 Å². The van der Waals surface area contributed by atoms with Crippen molar-refractivity contribution in [3.63, 3.8) is 0 Å². The number of amides is 3. The van der Waals surface area contributed by atoms with Crippen molar-refractivity contribution in [1.82, 2.24) is 15.5 Å². The standard InChI is InChI=1S/C10H20ClN3O2/c1-4-8(2)14(3)6-5-12-10(16)13-9(15)7-11/h8H,4-7H2,1-3H3,(H2,12,13,15,16). The van der Waals surface area contributed by atoms with Crippen LogP contribution in [0.5, 0.6) is 0 Å². The van der Waals surface area contributed by atoms with Gasteiger partial charge >= 0.3 is 6.03 Å². The fourth-order valence-electron chi connectivity index (χ4n) is 1.08. The number of urea groups is 1. The van der Waals surface area contributed by atoms with E-state index in [-0.39, 0.29) is 5.88 Å². The number of imide groups is 1. The van der Waals surface area contributed by atoms with E-state index in [2.05, 4.69) is 29.4 Å². The van der Waals surface area contributed by atoms with Crippen LogP contribution in [0.2, 0.25) is 0 Å². The molecule has 0 aliphatic heterocycles. The number of rotatable bonds is 6. The molecule has 1 unspecified atom stereocenters. The molecule has 0 fully saturated rings. The van der Waals surface area contributed by atoms with E-state index in [4.69, 9.17) is 11.6 Å². The van der Waals surface area contributed by atoms with E-state index in [1.54, 1.807) is 0 Å². The van der Waals surface area contributed by atoms with Gasteiger partial charge in [-0.15, -0.1) is 11.6 Å². The van der Waals surface area contributed by atoms with Gasteiger partial charge < -0.3 is 10.2 Å². The second kappa shape index (κ2) is 8.35. The highest BCUT2D eigenvalue weighted by Gasteiger charge is 2.08. The molecule has 0 aliphatic rings. The van der Waals surface area contributed by atoms with Crippen molar-refractivity contribution in [3.8, 4) is 0 Å². The molecule has 5 nitrogen and oxygen atoms in total. The third kappa shape index (κ3) is 6.63. The number of nitrogens with one attached hydrogen (secondary N) is 2. The summed E-state index contributed by atoms with van der Waals surface area (Å²) in [6.45, 7) is 5.48. The molecule has 1 atom stereocenters. The molecule has 0 spiro atoms. The maximum absolute atomic E-state index is 11.1. The molecule has 0 aromatic rings. The molecule has 0 aromatic heterocycles. The van der Waals surface area contributed by atoms with E-state index in [1.165, 1.54) is 0 Å². The predicted molar refractivity (Wildman–Crippen MR) is 64.6 cm³/mol. The quantitative estimate of drug-likeness (QED) is 0.684. The van der Waals surface area contributed by atoms with Crippen molar-refractivity contribution in [2.24, 2.45) is 0 Å². The Labute approximate surface area is 102 Å². The molecule has 6 heteroatoms. The van der Waals surface area contributed by atoms with Crippen LogP contribution < -0.4 is 10.6 Å². The average molecular weight is 250 g/mol. The monoisotopic (exact) mass is 249 g/mol. The van der Waals surface area contributed by atoms with Gasteiger partial charge in [-0.2, -0.15) is 0 Å². The molecular formula is C10H20ClN3O2. The van der Waals surface area contributed by atoms with Gasteiger partial charge in [0.2, 0.25) is 5.91 Å². The van der Waals surface area contributed by atoms with E-state index < -0.39 is 11.9 Å². The van der Waals surface area contributed by atoms with E-state index in [0.717, 1.165) is 13.0 Å². The molecule has 0 aliphatic carbocycles. The first-order chi connectivity index (χ1) is 7.51. The number of carbonyl (C=O) groups is 2. The number of nitrogens with zero attached hydrogens (tertiary/aromatic N) is 1. The molecule has 3 amide bonds. The summed E-state index contributed by atoms with van der Waals surface area (Å²) in [5.41, 5.74) is 0. The summed E-state index contributed by atoms with van der Waals surface area (Å²) in [5, 5.41) is 4.69. The lowest BCUT2D eigenvalue weighted by atomic mass is 10.2. The van der Waals surface area contributed by atoms with Gasteiger partial charge in [0.1, 0.15) is 5.88 Å². The van der Waals surface area contributed by atoms with Crippen LogP contribution in [0.15, 0.2) is 0 Å². The van der Waals surface area contributed by atoms with Crippen LogP contribution in [0.3, 0.4) is 0 Å². The average Bonchev–Trinajstić information content (AvgIpc) is 2.27. The number of carbonyl (C=O) groups excluding carboxylic acids is 2. The van der Waals surface area contributed by atoms with E-state index in [1.807, 2.05) is 7.05 Å². The highest BCUT2D eigenvalue weighted by atomic mass is 35.5. The lowest BCUT2D eigenvalue weighted by Gasteiger charge is -2.23. The van der Waals surface area contributed by atoms with Gasteiger partial charge in [-0.25, -0.2) is 4.79 Å². The molecule has 16 heavy (non-hydrogen) atoms. The van der Waals surface area contributed by atoms with E-state index in [0.29, 0.717) is 12.6 Å². The van der Waals surface area contributed by atoms with Gasteiger partial charge in [0.05, 0.1) is 0 Å². The summed E-state index contributed by atoms with van der Waals surface area (Å²) in [6.07, 6.45) is 1.06. The summed E-state index contributed by atoms with van der Waals surface area (Å²) < 4.78 is 0. The van der Waals surface area contributed by atoms with E-state index >= 15 is 0 Å². The molecule has 0 saturated carbocycles. The first-order valence-electron chi connectivity index (χ1n) is 5.35. The second-order valence-corrected chi connectivity index (χ2v) is 3.94. The largest absolute Gasteiger partial charge is 0.337 e. The molecule has 0 saturated heterocycles. The van der Waals surface area contributed by atoms with Gasteiger partial charge in [0.15, 0.2) is 0 Å².